The number of carboxylic acids is 1. The van der Waals surface area contributed by atoms with Crippen LogP contribution in [0.1, 0.15) is 48.2 Å². The van der Waals surface area contributed by atoms with Crippen LogP contribution in [-0.2, 0) is 5.41 Å². The van der Waals surface area contributed by atoms with Crippen LogP contribution in [0.3, 0.4) is 0 Å². The quantitative estimate of drug-likeness (QED) is 0.285. The summed E-state index contributed by atoms with van der Waals surface area (Å²) in [5, 5.41) is 19.5. The number of nitrogens with one attached hydrogen (secondary N) is 1. The van der Waals surface area contributed by atoms with Crippen molar-refractivity contribution in [3.63, 3.8) is 0 Å². The van der Waals surface area contributed by atoms with Gasteiger partial charge in [0.05, 0.1) is 28.2 Å². The average molecular weight is 479 g/mol. The topological polar surface area (TPSA) is 95.4 Å². The number of benzene rings is 3. The van der Waals surface area contributed by atoms with Crippen LogP contribution in [0.4, 0.5) is 0 Å². The van der Waals surface area contributed by atoms with Gasteiger partial charge in [0.2, 0.25) is 0 Å². The van der Waals surface area contributed by atoms with E-state index in [0.717, 1.165) is 29.5 Å². The summed E-state index contributed by atoms with van der Waals surface area (Å²) in [6.07, 6.45) is 2.03. The molecule has 5 rings (SSSR count). The Hall–Kier alpha value is -3.35. The molecule has 0 radical (unpaired) electrons. The van der Waals surface area contributed by atoms with Gasteiger partial charge in [-0.25, -0.2) is 4.79 Å². The third-order valence-corrected chi connectivity index (χ3v) is 6.48. The number of halogens is 1. The van der Waals surface area contributed by atoms with Gasteiger partial charge < -0.3 is 19.9 Å². The fourth-order valence-electron chi connectivity index (χ4n) is 3.98. The number of H-pyrrole nitrogens is 1. The van der Waals surface area contributed by atoms with E-state index in [1.165, 1.54) is 6.07 Å². The molecule has 0 aliphatic heterocycles. The van der Waals surface area contributed by atoms with Crippen molar-refractivity contribution in [2.45, 2.75) is 39.0 Å². The highest BCUT2D eigenvalue weighted by Crippen LogP contribution is 2.48. The smallest absolute Gasteiger partial charge is 0.336 e. The third kappa shape index (κ3) is 4.52. The number of nitrogens with zero attached hydrogens (tertiary/aromatic N) is 1. The number of rotatable bonds is 6. The van der Waals surface area contributed by atoms with Crippen molar-refractivity contribution in [3.8, 4) is 22.9 Å². The zero-order valence-electron chi connectivity index (χ0n) is 19.4. The van der Waals surface area contributed by atoms with Gasteiger partial charge in [-0.2, -0.15) is 4.98 Å². The van der Waals surface area contributed by atoms with E-state index in [-0.39, 0.29) is 23.6 Å². The van der Waals surface area contributed by atoms with E-state index in [1.54, 1.807) is 25.1 Å². The van der Waals surface area contributed by atoms with E-state index in [9.17, 15) is 15.0 Å². The minimum atomic E-state index is -1.01. The molecule has 0 atom stereocenters. The first kappa shape index (κ1) is 23.8. The fourth-order valence-corrected chi connectivity index (χ4v) is 4.25. The Morgan fingerprint density at radius 1 is 1.12 bits per heavy atom. The minimum absolute atomic E-state index is 0.0722. The summed E-state index contributed by atoms with van der Waals surface area (Å²) in [6, 6.07) is 17.0. The van der Waals surface area contributed by atoms with E-state index in [1.807, 2.05) is 32.0 Å². The molecule has 1 aliphatic rings. The summed E-state index contributed by atoms with van der Waals surface area (Å²) in [5.41, 5.74) is 5.12. The van der Waals surface area contributed by atoms with E-state index in [0.29, 0.717) is 27.4 Å². The van der Waals surface area contributed by atoms with Gasteiger partial charge in [0.25, 0.3) is 6.01 Å². The Labute approximate surface area is 203 Å². The van der Waals surface area contributed by atoms with Crippen LogP contribution < -0.4 is 4.74 Å². The first-order chi connectivity index (χ1) is 16.4. The van der Waals surface area contributed by atoms with Gasteiger partial charge in [-0.1, -0.05) is 55.8 Å². The fraction of sp³-hybridized carbons (Fsp3) is 0.259. The van der Waals surface area contributed by atoms with Crippen molar-refractivity contribution in [1.82, 2.24) is 9.97 Å². The van der Waals surface area contributed by atoms with Gasteiger partial charge in [-0.05, 0) is 60.7 Å². The maximum absolute atomic E-state index is 11.4. The number of aromatic nitrogens is 2. The normalized spacial score (nSPS) is 13.8. The molecule has 7 heteroatoms. The second kappa shape index (κ2) is 9.49. The lowest BCUT2D eigenvalue weighted by atomic mass is 9.94. The van der Waals surface area contributed by atoms with Crippen LogP contribution in [0.5, 0.6) is 11.8 Å². The zero-order chi connectivity index (χ0) is 24.5. The van der Waals surface area contributed by atoms with E-state index in [4.69, 9.17) is 16.3 Å². The summed E-state index contributed by atoms with van der Waals surface area (Å²) in [4.78, 5) is 18.9. The molecule has 1 aliphatic carbocycles. The molecule has 3 N–H and O–H groups in total. The van der Waals surface area contributed by atoms with Gasteiger partial charge >= 0.3 is 5.97 Å². The van der Waals surface area contributed by atoms with Gasteiger partial charge in [0, 0.05) is 11.0 Å². The summed E-state index contributed by atoms with van der Waals surface area (Å²) in [6.45, 7) is 5.91. The lowest BCUT2D eigenvalue weighted by Gasteiger charge is -2.13. The predicted octanol–water partition coefficient (Wildman–Crippen LogP) is 6.73. The Kier molecular flexibility index (Phi) is 6.64. The first-order valence-corrected chi connectivity index (χ1v) is 11.7. The van der Waals surface area contributed by atoms with E-state index < -0.39 is 5.97 Å². The number of ether oxygens (including phenoxy) is 1. The van der Waals surface area contributed by atoms with Crippen molar-refractivity contribution < 1.29 is 19.7 Å². The largest absolute Gasteiger partial charge is 0.478 e. The number of hydrogen-bond acceptors (Lipinski definition) is 4. The lowest BCUT2D eigenvalue weighted by Crippen LogP contribution is -2.11. The summed E-state index contributed by atoms with van der Waals surface area (Å²) in [5.74, 6) is -0.626. The monoisotopic (exact) mass is 478 g/mol. The van der Waals surface area contributed by atoms with Gasteiger partial charge in [-0.15, -0.1) is 0 Å². The highest BCUT2D eigenvalue weighted by atomic mass is 35.5. The number of aromatic amines is 1. The number of aliphatic hydroxyl groups excluding tert-OH is 1. The molecular formula is C27H27ClN2O4. The highest BCUT2D eigenvalue weighted by Gasteiger charge is 2.43. The molecule has 6 nitrogen and oxygen atoms in total. The van der Waals surface area contributed by atoms with E-state index in [2.05, 4.69) is 22.1 Å². The number of aromatic carboxylic acids is 1. The zero-order valence-corrected chi connectivity index (χ0v) is 20.1. The number of hydrogen-bond donors (Lipinski definition) is 3. The van der Waals surface area contributed by atoms with Crippen molar-refractivity contribution in [2.75, 3.05) is 6.61 Å². The number of aliphatic hydroxyl groups is 1. The van der Waals surface area contributed by atoms with Crippen LogP contribution in [0, 0.1) is 6.92 Å². The first-order valence-electron chi connectivity index (χ1n) is 11.3. The molecule has 3 aromatic carbocycles. The van der Waals surface area contributed by atoms with Gasteiger partial charge in [0.1, 0.15) is 5.75 Å². The standard InChI is InChI=1S/C25H21ClN2O4.C2H6/c1-14-2-7-17(10-18(14)23(30)31)32-24-27-21-11-19(20(26)12-22(21)28-24)15-3-5-16(6-4-15)25(13-29)8-9-25;1-2/h2-7,10-12,29H,8-9,13H2,1H3,(H,27,28)(H,30,31);1-2H3. The van der Waals surface area contributed by atoms with Gasteiger partial charge in [-0.3, -0.25) is 0 Å². The second-order valence-electron chi connectivity index (χ2n) is 8.29. The maximum atomic E-state index is 11.4. The van der Waals surface area contributed by atoms with Crippen molar-refractivity contribution in [2.24, 2.45) is 0 Å². The number of aryl methyl sites for hydroxylation is 1. The van der Waals surface area contributed by atoms with Crippen molar-refractivity contribution >= 4 is 28.6 Å². The van der Waals surface area contributed by atoms with Crippen LogP contribution >= 0.6 is 11.6 Å². The molecule has 0 spiro atoms. The molecule has 34 heavy (non-hydrogen) atoms. The van der Waals surface area contributed by atoms with Crippen LogP contribution in [-0.4, -0.2) is 32.8 Å². The molecule has 176 valence electrons. The Morgan fingerprint density at radius 2 is 1.82 bits per heavy atom. The number of fused-ring (bicyclic) bond motifs is 1. The Bertz CT molecular complexity index is 1340. The molecule has 1 aromatic heterocycles. The van der Waals surface area contributed by atoms with Crippen LogP contribution in [0.2, 0.25) is 5.02 Å². The molecule has 1 fully saturated rings. The van der Waals surface area contributed by atoms with Crippen LogP contribution in [0.25, 0.3) is 22.2 Å². The Morgan fingerprint density at radius 3 is 2.44 bits per heavy atom. The molecule has 1 saturated carbocycles. The third-order valence-electron chi connectivity index (χ3n) is 6.17. The Balaban J connectivity index is 0.00000133. The summed E-state index contributed by atoms with van der Waals surface area (Å²) < 4.78 is 5.77. The van der Waals surface area contributed by atoms with Gasteiger partial charge in [0.15, 0.2) is 0 Å². The molecule has 0 unspecified atom stereocenters. The lowest BCUT2D eigenvalue weighted by molar-refractivity contribution is 0.0695. The SMILES string of the molecule is CC.Cc1ccc(Oc2nc3cc(-c4ccc(C5(CO)CC5)cc4)c(Cl)cc3[nH]2)cc1C(=O)O. The molecule has 0 saturated heterocycles. The van der Waals surface area contributed by atoms with Crippen LogP contribution in [0.15, 0.2) is 54.6 Å². The summed E-state index contributed by atoms with van der Waals surface area (Å²) in [7, 11) is 0. The molecule has 0 amide bonds. The number of carboxylic acid groups (broad SMARTS) is 1. The van der Waals surface area contributed by atoms with E-state index >= 15 is 0 Å². The summed E-state index contributed by atoms with van der Waals surface area (Å²) >= 11 is 6.56. The van der Waals surface area contributed by atoms with Crippen molar-refractivity contribution in [3.05, 3.63) is 76.3 Å². The highest BCUT2D eigenvalue weighted by molar-refractivity contribution is 6.34. The predicted molar refractivity (Wildman–Crippen MR) is 134 cm³/mol. The number of imidazole rings is 1. The molecule has 0 bridgehead atoms. The molecular weight excluding hydrogens is 452 g/mol. The molecule has 4 aromatic rings. The number of carbonyl (C=O) groups is 1. The average Bonchev–Trinajstić information content (AvgIpc) is 3.55. The van der Waals surface area contributed by atoms with Crippen molar-refractivity contribution in [1.29, 1.82) is 0 Å². The second-order valence-corrected chi connectivity index (χ2v) is 8.70. The molecule has 1 heterocycles. The maximum Gasteiger partial charge on any atom is 0.336 e. The minimum Gasteiger partial charge on any atom is -0.478 e.